The van der Waals surface area contributed by atoms with Gasteiger partial charge < -0.3 is 0 Å². The summed E-state index contributed by atoms with van der Waals surface area (Å²) in [6.45, 7) is 5.07. The Balaban J connectivity index is 1.98. The summed E-state index contributed by atoms with van der Waals surface area (Å²) in [7, 11) is 0. The van der Waals surface area contributed by atoms with Crippen molar-refractivity contribution in [3.8, 4) is 0 Å². The van der Waals surface area contributed by atoms with Gasteiger partial charge in [0.2, 0.25) is 0 Å². The van der Waals surface area contributed by atoms with Crippen molar-refractivity contribution in [3.05, 3.63) is 35.6 Å². The van der Waals surface area contributed by atoms with Gasteiger partial charge >= 0.3 is 0 Å². The zero-order valence-corrected chi connectivity index (χ0v) is 11.1. The summed E-state index contributed by atoms with van der Waals surface area (Å²) in [5.74, 6) is 0.552. The third-order valence-corrected chi connectivity index (χ3v) is 4.60. The van der Waals surface area contributed by atoms with Crippen LogP contribution in [0.15, 0.2) is 24.3 Å². The minimum atomic E-state index is -0.0869. The van der Waals surface area contributed by atoms with Crippen molar-refractivity contribution in [3.63, 3.8) is 0 Å². The Kier molecular flexibility index (Phi) is 3.98. The van der Waals surface area contributed by atoms with E-state index >= 15 is 0 Å². The number of hydrogen-bond acceptors (Lipinski definition) is 1. The molecule has 1 fully saturated rings. The molecule has 0 spiro atoms. The molecule has 88 valence electrons. The number of halogens is 2. The maximum absolute atomic E-state index is 13.5. The second-order valence-electron chi connectivity index (χ2n) is 4.61. The smallest absolute Gasteiger partial charge is 0.127 e. The highest BCUT2D eigenvalue weighted by Gasteiger charge is 2.24. The molecule has 1 aromatic carbocycles. The van der Waals surface area contributed by atoms with Crippen LogP contribution in [0.4, 0.5) is 4.39 Å². The third kappa shape index (κ3) is 2.83. The molecule has 3 heteroatoms. The molecule has 1 aliphatic rings. The summed E-state index contributed by atoms with van der Waals surface area (Å²) in [5.41, 5.74) is 0.808. The summed E-state index contributed by atoms with van der Waals surface area (Å²) < 4.78 is 13.5. The largest absolute Gasteiger partial charge is 0.299 e. The molecule has 0 N–H and O–H groups in total. The molecule has 1 nitrogen and oxygen atoms in total. The Hall–Kier alpha value is -0.410. The molecular weight excluding hydrogens is 269 g/mol. The van der Waals surface area contributed by atoms with Crippen LogP contribution in [0.1, 0.15) is 18.9 Å². The normalized spacial score (nSPS) is 26.9. The SMILES string of the molecule is CC1CN(Cc2ccccc2F)CCC1Br. The fourth-order valence-electron chi connectivity index (χ4n) is 2.21. The van der Waals surface area contributed by atoms with Crippen LogP contribution in [0.25, 0.3) is 0 Å². The molecule has 0 bridgehead atoms. The fraction of sp³-hybridized carbons (Fsp3) is 0.538. The summed E-state index contributed by atoms with van der Waals surface area (Å²) in [6.07, 6.45) is 1.15. The first-order valence-electron chi connectivity index (χ1n) is 5.76. The second kappa shape index (κ2) is 5.28. The lowest BCUT2D eigenvalue weighted by molar-refractivity contribution is 0.181. The van der Waals surface area contributed by atoms with Crippen LogP contribution in [0.5, 0.6) is 0 Å². The van der Waals surface area contributed by atoms with Crippen LogP contribution in [0.2, 0.25) is 0 Å². The quantitative estimate of drug-likeness (QED) is 0.753. The average molecular weight is 286 g/mol. The van der Waals surface area contributed by atoms with E-state index in [0.717, 1.165) is 31.6 Å². The van der Waals surface area contributed by atoms with Crippen molar-refractivity contribution >= 4 is 15.9 Å². The van der Waals surface area contributed by atoms with E-state index in [1.165, 1.54) is 6.07 Å². The highest BCUT2D eigenvalue weighted by atomic mass is 79.9. The molecule has 0 saturated carbocycles. The van der Waals surface area contributed by atoms with Gasteiger partial charge in [0, 0.05) is 23.5 Å². The predicted molar refractivity (Wildman–Crippen MR) is 68.2 cm³/mol. The average Bonchev–Trinajstić information content (AvgIpc) is 2.27. The molecule has 1 aliphatic heterocycles. The number of benzene rings is 1. The number of alkyl halides is 1. The standard InChI is InChI=1S/C13H17BrFN/c1-10-8-16(7-6-12(10)14)9-11-4-2-3-5-13(11)15/h2-5,10,12H,6-9H2,1H3. The molecule has 1 aromatic rings. The van der Waals surface area contributed by atoms with Gasteiger partial charge in [0.1, 0.15) is 5.82 Å². The van der Waals surface area contributed by atoms with Gasteiger partial charge in [0.15, 0.2) is 0 Å². The topological polar surface area (TPSA) is 3.24 Å². The van der Waals surface area contributed by atoms with Crippen molar-refractivity contribution in [1.82, 2.24) is 4.90 Å². The van der Waals surface area contributed by atoms with Gasteiger partial charge in [0.25, 0.3) is 0 Å². The van der Waals surface area contributed by atoms with Gasteiger partial charge in [0.05, 0.1) is 0 Å². The Labute approximate surface area is 105 Å². The lowest BCUT2D eigenvalue weighted by atomic mass is 9.99. The fourth-order valence-corrected chi connectivity index (χ4v) is 2.59. The van der Waals surface area contributed by atoms with Gasteiger partial charge in [-0.2, -0.15) is 0 Å². The van der Waals surface area contributed by atoms with E-state index in [0.29, 0.717) is 10.7 Å². The predicted octanol–water partition coefficient (Wildman–Crippen LogP) is 3.43. The monoisotopic (exact) mass is 285 g/mol. The summed E-state index contributed by atoms with van der Waals surface area (Å²) in [4.78, 5) is 2.95. The molecule has 0 aromatic heterocycles. The first-order valence-corrected chi connectivity index (χ1v) is 6.68. The molecule has 0 amide bonds. The van der Waals surface area contributed by atoms with Crippen LogP contribution < -0.4 is 0 Å². The van der Waals surface area contributed by atoms with Crippen LogP contribution >= 0.6 is 15.9 Å². The molecule has 0 aliphatic carbocycles. The molecule has 16 heavy (non-hydrogen) atoms. The van der Waals surface area contributed by atoms with E-state index in [9.17, 15) is 4.39 Å². The maximum Gasteiger partial charge on any atom is 0.127 e. The number of rotatable bonds is 2. The van der Waals surface area contributed by atoms with E-state index < -0.39 is 0 Å². The lowest BCUT2D eigenvalue weighted by Gasteiger charge is -2.34. The van der Waals surface area contributed by atoms with E-state index in [4.69, 9.17) is 0 Å². The third-order valence-electron chi connectivity index (χ3n) is 3.24. The van der Waals surface area contributed by atoms with Crippen molar-refractivity contribution in [2.75, 3.05) is 13.1 Å². The van der Waals surface area contributed by atoms with Crippen LogP contribution in [-0.4, -0.2) is 22.8 Å². The van der Waals surface area contributed by atoms with Crippen molar-refractivity contribution in [1.29, 1.82) is 0 Å². The zero-order valence-electron chi connectivity index (χ0n) is 9.50. The molecule has 0 radical (unpaired) electrons. The molecule has 1 heterocycles. The lowest BCUT2D eigenvalue weighted by Crippen LogP contribution is -2.39. The van der Waals surface area contributed by atoms with Gasteiger partial charge in [-0.1, -0.05) is 41.1 Å². The number of hydrogen-bond donors (Lipinski definition) is 0. The van der Waals surface area contributed by atoms with Crippen LogP contribution in [0, 0.1) is 11.7 Å². The van der Waals surface area contributed by atoms with Crippen molar-refractivity contribution in [2.24, 2.45) is 5.92 Å². The van der Waals surface area contributed by atoms with Crippen LogP contribution in [-0.2, 0) is 6.54 Å². The number of likely N-dealkylation sites (tertiary alicyclic amines) is 1. The summed E-state index contributed by atoms with van der Waals surface area (Å²) >= 11 is 3.68. The minimum absolute atomic E-state index is 0.0869. The highest BCUT2D eigenvalue weighted by Crippen LogP contribution is 2.24. The van der Waals surface area contributed by atoms with Crippen molar-refractivity contribution < 1.29 is 4.39 Å². The molecular formula is C13H17BrFN. The van der Waals surface area contributed by atoms with E-state index in [1.807, 2.05) is 12.1 Å². The first-order chi connectivity index (χ1) is 7.66. The van der Waals surface area contributed by atoms with Gasteiger partial charge in [-0.3, -0.25) is 4.90 Å². The Morgan fingerprint density at radius 3 is 2.88 bits per heavy atom. The summed E-state index contributed by atoms with van der Waals surface area (Å²) in [5, 5.41) is 0. The van der Waals surface area contributed by atoms with E-state index in [-0.39, 0.29) is 5.82 Å². The zero-order chi connectivity index (χ0) is 11.5. The Bertz CT molecular complexity index is 356. The summed E-state index contributed by atoms with van der Waals surface area (Å²) in [6, 6.07) is 7.06. The first kappa shape index (κ1) is 12.1. The Morgan fingerprint density at radius 2 is 2.19 bits per heavy atom. The second-order valence-corrected chi connectivity index (χ2v) is 5.78. The van der Waals surface area contributed by atoms with Gasteiger partial charge in [-0.05, 0) is 24.9 Å². The molecule has 2 unspecified atom stereocenters. The van der Waals surface area contributed by atoms with Gasteiger partial charge in [-0.15, -0.1) is 0 Å². The van der Waals surface area contributed by atoms with Crippen LogP contribution in [0.3, 0.4) is 0 Å². The number of nitrogens with zero attached hydrogens (tertiary/aromatic N) is 1. The molecule has 2 atom stereocenters. The van der Waals surface area contributed by atoms with E-state index in [1.54, 1.807) is 6.07 Å². The van der Waals surface area contributed by atoms with Crippen molar-refractivity contribution in [2.45, 2.75) is 24.7 Å². The van der Waals surface area contributed by atoms with Gasteiger partial charge in [-0.25, -0.2) is 4.39 Å². The minimum Gasteiger partial charge on any atom is -0.299 e. The number of piperidine rings is 1. The molecule has 2 rings (SSSR count). The maximum atomic E-state index is 13.5. The van der Waals surface area contributed by atoms with E-state index in [2.05, 4.69) is 27.8 Å². The molecule has 1 saturated heterocycles. The Morgan fingerprint density at radius 1 is 1.44 bits per heavy atom. The highest BCUT2D eigenvalue weighted by molar-refractivity contribution is 9.09.